The van der Waals surface area contributed by atoms with Crippen LogP contribution in [0.25, 0.3) is 0 Å². The van der Waals surface area contributed by atoms with Crippen molar-refractivity contribution in [1.82, 2.24) is 5.32 Å². The minimum atomic E-state index is 0.461. The molecule has 0 aliphatic rings. The molecule has 0 unspecified atom stereocenters. The van der Waals surface area contributed by atoms with E-state index in [9.17, 15) is 5.11 Å². The third-order valence-electron chi connectivity index (χ3n) is 2.77. The highest BCUT2D eigenvalue weighted by Gasteiger charge is 2.12. The van der Waals surface area contributed by atoms with Crippen LogP contribution in [-0.4, -0.2) is 18.7 Å². The van der Waals surface area contributed by atoms with Crippen LogP contribution in [0.5, 0.6) is 5.75 Å². The maximum absolute atomic E-state index is 10.0. The van der Waals surface area contributed by atoms with Gasteiger partial charge in [-0.2, -0.15) is 0 Å². The Morgan fingerprint density at radius 1 is 1.33 bits per heavy atom. The van der Waals surface area contributed by atoms with Crippen molar-refractivity contribution in [2.24, 2.45) is 0 Å². The summed E-state index contributed by atoms with van der Waals surface area (Å²) in [6.45, 7) is 7.17. The molecule has 0 atom stereocenters. The second-order valence-electron chi connectivity index (χ2n) is 4.31. The van der Waals surface area contributed by atoms with Crippen LogP contribution in [0, 0.1) is 6.92 Å². The van der Waals surface area contributed by atoms with Gasteiger partial charge in [-0.15, -0.1) is 0 Å². The molecule has 84 valence electrons. The van der Waals surface area contributed by atoms with E-state index in [1.54, 1.807) is 0 Å². The van der Waals surface area contributed by atoms with Gasteiger partial charge in [0.25, 0.3) is 0 Å². The predicted molar refractivity (Wildman–Crippen MR) is 64.6 cm³/mol. The predicted octanol–water partition coefficient (Wildman–Crippen LogP) is 2.59. The Labute approximate surface area is 92.3 Å². The van der Waals surface area contributed by atoms with Gasteiger partial charge in [0.1, 0.15) is 5.75 Å². The summed E-state index contributed by atoms with van der Waals surface area (Å²) in [4.78, 5) is 0. The Hall–Kier alpha value is -1.02. The van der Waals surface area contributed by atoms with Crippen molar-refractivity contribution in [3.63, 3.8) is 0 Å². The summed E-state index contributed by atoms with van der Waals surface area (Å²) >= 11 is 0. The van der Waals surface area contributed by atoms with Crippen molar-refractivity contribution in [3.8, 4) is 5.75 Å². The number of phenols is 1. The van der Waals surface area contributed by atoms with E-state index in [-0.39, 0.29) is 0 Å². The first-order valence-corrected chi connectivity index (χ1v) is 5.53. The maximum atomic E-state index is 10.0. The first-order valence-electron chi connectivity index (χ1n) is 5.53. The molecule has 0 spiro atoms. The number of rotatable bonds is 4. The Bertz CT molecular complexity index is 332. The van der Waals surface area contributed by atoms with E-state index in [1.165, 1.54) is 5.56 Å². The minimum Gasteiger partial charge on any atom is -0.507 e. The van der Waals surface area contributed by atoms with Crippen molar-refractivity contribution < 1.29 is 5.11 Å². The largest absolute Gasteiger partial charge is 0.507 e. The van der Waals surface area contributed by atoms with E-state index in [0.717, 1.165) is 24.1 Å². The number of nitrogens with one attached hydrogen (secondary N) is 1. The summed E-state index contributed by atoms with van der Waals surface area (Å²) in [5.41, 5.74) is 3.32. The van der Waals surface area contributed by atoms with E-state index in [1.807, 2.05) is 20.0 Å². The first kappa shape index (κ1) is 12.1. The van der Waals surface area contributed by atoms with Gasteiger partial charge in [-0.05, 0) is 49.5 Å². The lowest BCUT2D eigenvalue weighted by molar-refractivity contribution is 0.461. The summed E-state index contributed by atoms with van der Waals surface area (Å²) in [6, 6.07) is 4.12. The quantitative estimate of drug-likeness (QED) is 0.795. The Morgan fingerprint density at radius 3 is 2.53 bits per heavy atom. The molecule has 0 bridgehead atoms. The van der Waals surface area contributed by atoms with Gasteiger partial charge in [-0.3, -0.25) is 0 Å². The van der Waals surface area contributed by atoms with Crippen LogP contribution in [0.3, 0.4) is 0 Å². The summed E-state index contributed by atoms with van der Waals surface area (Å²) in [6.07, 6.45) is 0.886. The van der Waals surface area contributed by atoms with Crippen LogP contribution >= 0.6 is 0 Å². The Morgan fingerprint density at radius 2 is 2.00 bits per heavy atom. The van der Waals surface area contributed by atoms with Crippen LogP contribution in [0.1, 0.15) is 36.5 Å². The molecule has 2 N–H and O–H groups in total. The number of aryl methyl sites for hydroxylation is 1. The molecule has 0 saturated carbocycles. The average Bonchev–Trinajstić information content (AvgIpc) is 2.19. The average molecular weight is 207 g/mol. The molecule has 0 aliphatic heterocycles. The van der Waals surface area contributed by atoms with Crippen molar-refractivity contribution in [3.05, 3.63) is 28.8 Å². The molecule has 1 rings (SSSR count). The lowest BCUT2D eigenvalue weighted by Crippen LogP contribution is -2.12. The number of phenolic OH excluding ortho intramolecular Hbond substituents is 1. The standard InChI is InChI=1S/C13H21NO/c1-9(2)11-6-5-10(3)13(15)12(11)7-8-14-4/h5-6,9,14-15H,7-8H2,1-4H3. The molecule has 2 heteroatoms. The van der Waals surface area contributed by atoms with E-state index >= 15 is 0 Å². The van der Waals surface area contributed by atoms with Gasteiger partial charge in [0, 0.05) is 0 Å². The normalized spacial score (nSPS) is 11.0. The lowest BCUT2D eigenvalue weighted by atomic mass is 9.92. The first-order chi connectivity index (χ1) is 7.07. The SMILES string of the molecule is CNCCc1c(C(C)C)ccc(C)c1O. The van der Waals surface area contributed by atoms with E-state index in [0.29, 0.717) is 11.7 Å². The maximum Gasteiger partial charge on any atom is 0.122 e. The Kier molecular flexibility index (Phi) is 4.15. The van der Waals surface area contributed by atoms with Gasteiger partial charge >= 0.3 is 0 Å². The highest BCUT2D eigenvalue weighted by molar-refractivity contribution is 5.46. The van der Waals surface area contributed by atoms with Crippen molar-refractivity contribution in [1.29, 1.82) is 0 Å². The van der Waals surface area contributed by atoms with E-state index < -0.39 is 0 Å². The smallest absolute Gasteiger partial charge is 0.122 e. The van der Waals surface area contributed by atoms with E-state index in [4.69, 9.17) is 0 Å². The molecule has 15 heavy (non-hydrogen) atoms. The summed E-state index contributed by atoms with van der Waals surface area (Å²) in [5.74, 6) is 0.930. The number of benzene rings is 1. The number of hydrogen-bond acceptors (Lipinski definition) is 2. The fraction of sp³-hybridized carbons (Fsp3) is 0.538. The monoisotopic (exact) mass is 207 g/mol. The molecule has 0 amide bonds. The van der Waals surface area contributed by atoms with Crippen molar-refractivity contribution in [2.75, 3.05) is 13.6 Å². The number of hydrogen-bond donors (Lipinski definition) is 2. The molecule has 0 saturated heterocycles. The van der Waals surface area contributed by atoms with Crippen molar-refractivity contribution in [2.45, 2.75) is 33.1 Å². The summed E-state index contributed by atoms with van der Waals surface area (Å²) < 4.78 is 0. The second-order valence-corrected chi connectivity index (χ2v) is 4.31. The third kappa shape index (κ3) is 2.72. The molecule has 2 nitrogen and oxygen atoms in total. The van der Waals surface area contributed by atoms with Crippen LogP contribution in [0.15, 0.2) is 12.1 Å². The topological polar surface area (TPSA) is 32.3 Å². The minimum absolute atomic E-state index is 0.461. The van der Waals surface area contributed by atoms with Gasteiger partial charge in [-0.25, -0.2) is 0 Å². The fourth-order valence-corrected chi connectivity index (χ4v) is 1.82. The van der Waals surface area contributed by atoms with Crippen molar-refractivity contribution >= 4 is 0 Å². The zero-order valence-electron chi connectivity index (χ0n) is 10.1. The van der Waals surface area contributed by atoms with Gasteiger partial charge in [-0.1, -0.05) is 26.0 Å². The highest BCUT2D eigenvalue weighted by Crippen LogP contribution is 2.30. The Balaban J connectivity index is 3.10. The summed E-state index contributed by atoms with van der Waals surface area (Å²) in [7, 11) is 1.93. The zero-order valence-corrected chi connectivity index (χ0v) is 10.1. The van der Waals surface area contributed by atoms with Crippen LogP contribution in [-0.2, 0) is 6.42 Å². The number of aromatic hydroxyl groups is 1. The molecular formula is C13H21NO. The van der Waals surface area contributed by atoms with Crippen LogP contribution in [0.2, 0.25) is 0 Å². The molecule has 0 aromatic heterocycles. The van der Waals surface area contributed by atoms with Gasteiger partial charge in [0.15, 0.2) is 0 Å². The van der Waals surface area contributed by atoms with Gasteiger partial charge < -0.3 is 10.4 Å². The second kappa shape index (κ2) is 5.17. The molecule has 0 radical (unpaired) electrons. The van der Waals surface area contributed by atoms with Crippen LogP contribution < -0.4 is 5.32 Å². The highest BCUT2D eigenvalue weighted by atomic mass is 16.3. The fourth-order valence-electron chi connectivity index (χ4n) is 1.82. The molecule has 1 aromatic rings. The lowest BCUT2D eigenvalue weighted by Gasteiger charge is -2.16. The van der Waals surface area contributed by atoms with E-state index in [2.05, 4.69) is 25.2 Å². The summed E-state index contributed by atoms with van der Waals surface area (Å²) in [5, 5.41) is 13.1. The van der Waals surface area contributed by atoms with Gasteiger partial charge in [0.2, 0.25) is 0 Å². The molecule has 1 aromatic carbocycles. The van der Waals surface area contributed by atoms with Gasteiger partial charge in [0.05, 0.1) is 0 Å². The molecule has 0 fully saturated rings. The third-order valence-corrected chi connectivity index (χ3v) is 2.77. The molecular weight excluding hydrogens is 186 g/mol. The van der Waals surface area contributed by atoms with Crippen LogP contribution in [0.4, 0.5) is 0 Å². The molecule has 0 heterocycles. The zero-order chi connectivity index (χ0) is 11.4. The number of likely N-dealkylation sites (N-methyl/N-ethyl adjacent to an activating group) is 1. The molecule has 0 aliphatic carbocycles.